The van der Waals surface area contributed by atoms with Crippen LogP contribution in [0.15, 0.2) is 36.4 Å². The molecule has 7 nitrogen and oxygen atoms in total. The monoisotopic (exact) mass is 422 g/mol. The topological polar surface area (TPSA) is 89.8 Å². The highest BCUT2D eigenvalue weighted by Crippen LogP contribution is 2.30. The van der Waals surface area contributed by atoms with Crippen LogP contribution in [0.4, 0.5) is 11.4 Å². The maximum atomic E-state index is 12.4. The minimum absolute atomic E-state index is 0.0190. The van der Waals surface area contributed by atoms with Crippen molar-refractivity contribution in [2.45, 2.75) is 20.0 Å². The molecular formula is C19H16Cl2N2O5. The molecule has 1 heterocycles. The molecule has 1 fully saturated rings. The number of ether oxygens (including phenoxy) is 1. The zero-order valence-electron chi connectivity index (χ0n) is 14.9. The van der Waals surface area contributed by atoms with E-state index in [2.05, 4.69) is 0 Å². The molecule has 0 radical (unpaired) electrons. The van der Waals surface area contributed by atoms with Crippen LogP contribution in [-0.4, -0.2) is 23.3 Å². The van der Waals surface area contributed by atoms with E-state index in [9.17, 15) is 19.7 Å². The summed E-state index contributed by atoms with van der Waals surface area (Å²) in [5, 5.41) is 12.0. The molecule has 2 aromatic carbocycles. The van der Waals surface area contributed by atoms with Gasteiger partial charge in [-0.1, -0.05) is 35.3 Å². The van der Waals surface area contributed by atoms with E-state index in [4.69, 9.17) is 27.9 Å². The molecule has 1 aliphatic heterocycles. The summed E-state index contributed by atoms with van der Waals surface area (Å²) in [6, 6.07) is 9.40. The largest absolute Gasteiger partial charge is 0.460 e. The highest BCUT2D eigenvalue weighted by Gasteiger charge is 2.36. The van der Waals surface area contributed by atoms with Gasteiger partial charge in [-0.25, -0.2) is 0 Å². The van der Waals surface area contributed by atoms with E-state index < -0.39 is 16.8 Å². The number of hydrogen-bond acceptors (Lipinski definition) is 5. The Labute approximate surface area is 170 Å². The van der Waals surface area contributed by atoms with Crippen LogP contribution in [0.5, 0.6) is 0 Å². The van der Waals surface area contributed by atoms with Gasteiger partial charge in [0.2, 0.25) is 5.91 Å². The zero-order valence-corrected chi connectivity index (χ0v) is 16.4. The number of benzene rings is 2. The third-order valence-corrected chi connectivity index (χ3v) is 5.13. The normalized spacial score (nSPS) is 16.3. The fourth-order valence-corrected chi connectivity index (χ4v) is 3.45. The highest BCUT2D eigenvalue weighted by molar-refractivity contribution is 6.35. The van der Waals surface area contributed by atoms with Gasteiger partial charge in [0.1, 0.15) is 6.61 Å². The molecule has 1 saturated heterocycles. The second-order valence-corrected chi connectivity index (χ2v) is 7.32. The standard InChI is InChI=1S/C19H16Cl2N2O5/c1-11-2-5-15(8-17(11)23(26)27)22-9-13(6-18(22)24)19(25)28-10-12-3-4-14(20)7-16(12)21/h2-5,7-8,13H,6,9-10H2,1H3/t13-/m0/s1. The Hall–Kier alpha value is -2.64. The van der Waals surface area contributed by atoms with Gasteiger partial charge >= 0.3 is 5.97 Å². The summed E-state index contributed by atoms with van der Waals surface area (Å²) in [4.78, 5) is 36.7. The van der Waals surface area contributed by atoms with Crippen LogP contribution in [0.1, 0.15) is 17.5 Å². The number of anilines is 1. The Balaban J connectivity index is 1.67. The molecule has 0 N–H and O–H groups in total. The van der Waals surface area contributed by atoms with Crippen LogP contribution >= 0.6 is 23.2 Å². The zero-order chi connectivity index (χ0) is 20.4. The van der Waals surface area contributed by atoms with Crippen molar-refractivity contribution in [3.63, 3.8) is 0 Å². The van der Waals surface area contributed by atoms with Gasteiger partial charge in [-0.05, 0) is 25.1 Å². The number of halogens is 2. The van der Waals surface area contributed by atoms with Gasteiger partial charge in [0.15, 0.2) is 0 Å². The second kappa shape index (κ2) is 8.16. The van der Waals surface area contributed by atoms with Crippen molar-refractivity contribution in [2.24, 2.45) is 5.92 Å². The predicted molar refractivity (Wildman–Crippen MR) is 105 cm³/mol. The van der Waals surface area contributed by atoms with Crippen molar-refractivity contribution in [3.8, 4) is 0 Å². The molecule has 0 saturated carbocycles. The number of nitrogens with zero attached hydrogens (tertiary/aromatic N) is 2. The van der Waals surface area contributed by atoms with Crippen LogP contribution < -0.4 is 4.90 Å². The van der Waals surface area contributed by atoms with E-state index >= 15 is 0 Å². The van der Waals surface area contributed by atoms with E-state index in [0.717, 1.165) is 0 Å². The number of hydrogen-bond donors (Lipinski definition) is 0. The molecule has 0 aromatic heterocycles. The van der Waals surface area contributed by atoms with Crippen molar-refractivity contribution < 1.29 is 19.2 Å². The van der Waals surface area contributed by atoms with E-state index in [1.165, 1.54) is 11.0 Å². The molecule has 0 bridgehead atoms. The van der Waals surface area contributed by atoms with E-state index in [1.807, 2.05) is 0 Å². The van der Waals surface area contributed by atoms with E-state index in [-0.39, 0.29) is 31.2 Å². The van der Waals surface area contributed by atoms with Gasteiger partial charge in [0.25, 0.3) is 5.69 Å². The fraction of sp³-hybridized carbons (Fsp3) is 0.263. The Morgan fingerprint density at radius 2 is 2.04 bits per heavy atom. The van der Waals surface area contributed by atoms with Crippen molar-refractivity contribution in [2.75, 3.05) is 11.4 Å². The maximum absolute atomic E-state index is 12.4. The minimum Gasteiger partial charge on any atom is -0.460 e. The number of amides is 1. The first-order chi connectivity index (χ1) is 13.3. The van der Waals surface area contributed by atoms with E-state index in [0.29, 0.717) is 26.9 Å². The number of nitro benzene ring substituents is 1. The number of carbonyl (C=O) groups excluding carboxylic acids is 2. The number of rotatable bonds is 5. The molecular weight excluding hydrogens is 407 g/mol. The molecule has 3 rings (SSSR count). The second-order valence-electron chi connectivity index (χ2n) is 6.48. The summed E-state index contributed by atoms with van der Waals surface area (Å²) in [6.45, 7) is 1.69. The number of esters is 1. The maximum Gasteiger partial charge on any atom is 0.311 e. The minimum atomic E-state index is -0.654. The average molecular weight is 423 g/mol. The van der Waals surface area contributed by atoms with Crippen LogP contribution in [0.25, 0.3) is 0 Å². The van der Waals surface area contributed by atoms with Gasteiger partial charge in [-0.2, -0.15) is 0 Å². The summed E-state index contributed by atoms with van der Waals surface area (Å²) < 4.78 is 5.29. The average Bonchev–Trinajstić information content (AvgIpc) is 3.03. The van der Waals surface area contributed by atoms with Crippen molar-refractivity contribution in [1.82, 2.24) is 0 Å². The van der Waals surface area contributed by atoms with Crippen LogP contribution in [0.2, 0.25) is 10.0 Å². The Bertz CT molecular complexity index is 963. The van der Waals surface area contributed by atoms with E-state index in [1.54, 1.807) is 37.3 Å². The first-order valence-electron chi connectivity index (χ1n) is 8.42. The first kappa shape index (κ1) is 20.1. The molecule has 9 heteroatoms. The van der Waals surface area contributed by atoms with Crippen LogP contribution in [0, 0.1) is 23.0 Å². The number of nitro groups is 1. The van der Waals surface area contributed by atoms with Gasteiger partial charge in [-0.3, -0.25) is 19.7 Å². The summed E-state index contributed by atoms with van der Waals surface area (Å²) >= 11 is 11.9. The summed E-state index contributed by atoms with van der Waals surface area (Å²) in [5.41, 5.74) is 1.41. The highest BCUT2D eigenvalue weighted by atomic mass is 35.5. The third-order valence-electron chi connectivity index (χ3n) is 4.54. The van der Waals surface area contributed by atoms with Gasteiger partial charge in [0.05, 0.1) is 16.5 Å². The SMILES string of the molecule is Cc1ccc(N2C[C@@H](C(=O)OCc3ccc(Cl)cc3Cl)CC2=O)cc1[N+](=O)[O-]. The molecule has 28 heavy (non-hydrogen) atoms. The molecule has 0 unspecified atom stereocenters. The number of carbonyl (C=O) groups is 2. The van der Waals surface area contributed by atoms with Crippen LogP contribution in [0.3, 0.4) is 0 Å². The van der Waals surface area contributed by atoms with Gasteiger partial charge in [0, 0.05) is 40.2 Å². The quantitative estimate of drug-likeness (QED) is 0.406. The molecule has 1 aliphatic rings. The lowest BCUT2D eigenvalue weighted by atomic mass is 10.1. The fourth-order valence-electron chi connectivity index (χ4n) is 2.98. The summed E-state index contributed by atoms with van der Waals surface area (Å²) in [6.07, 6.45) is -0.0190. The summed E-state index contributed by atoms with van der Waals surface area (Å²) in [7, 11) is 0. The van der Waals surface area contributed by atoms with Gasteiger partial charge < -0.3 is 9.64 Å². The predicted octanol–water partition coefficient (Wildman–Crippen LogP) is 4.31. The van der Waals surface area contributed by atoms with Crippen molar-refractivity contribution in [3.05, 3.63) is 67.7 Å². The smallest absolute Gasteiger partial charge is 0.311 e. The molecule has 146 valence electrons. The Kier molecular flexibility index (Phi) is 5.86. The Morgan fingerprint density at radius 3 is 2.71 bits per heavy atom. The molecule has 0 aliphatic carbocycles. The molecule has 2 aromatic rings. The lowest BCUT2D eigenvalue weighted by Crippen LogP contribution is -2.26. The van der Waals surface area contributed by atoms with Crippen LogP contribution in [-0.2, 0) is 20.9 Å². The Morgan fingerprint density at radius 1 is 1.29 bits per heavy atom. The lowest BCUT2D eigenvalue weighted by molar-refractivity contribution is -0.385. The first-order valence-corrected chi connectivity index (χ1v) is 9.18. The third kappa shape index (κ3) is 4.26. The number of aryl methyl sites for hydroxylation is 1. The van der Waals surface area contributed by atoms with Gasteiger partial charge in [-0.15, -0.1) is 0 Å². The molecule has 0 spiro atoms. The lowest BCUT2D eigenvalue weighted by Gasteiger charge is -2.17. The molecule has 1 amide bonds. The summed E-state index contributed by atoms with van der Waals surface area (Å²) in [5.74, 6) is -1.47. The van der Waals surface area contributed by atoms with Crippen molar-refractivity contribution in [1.29, 1.82) is 0 Å². The van der Waals surface area contributed by atoms with Crippen molar-refractivity contribution >= 4 is 46.5 Å². The molecule has 1 atom stereocenters.